The highest BCUT2D eigenvalue weighted by Gasteiger charge is 2.61. The topological polar surface area (TPSA) is 38.7 Å². The maximum absolute atomic E-state index is 5.43. The van der Waals surface area contributed by atoms with Crippen molar-refractivity contribution in [1.29, 1.82) is 0 Å². The number of hydrogen-bond acceptors (Lipinski definition) is 5. The smallest absolute Gasteiger partial charge is 0.165 e. The second-order valence-electron chi connectivity index (χ2n) is 16.3. The monoisotopic (exact) mass is 729 g/mol. The van der Waals surface area contributed by atoms with Gasteiger partial charge in [0.05, 0.1) is 0 Å². The Morgan fingerprint density at radius 3 is 1.56 bits per heavy atom. The summed E-state index contributed by atoms with van der Waals surface area (Å²) in [6.45, 7) is 0. The van der Waals surface area contributed by atoms with Crippen LogP contribution in [0.15, 0.2) is 127 Å². The number of benzene rings is 6. The Morgan fingerprint density at radius 1 is 0.426 bits per heavy atom. The van der Waals surface area contributed by atoms with E-state index in [2.05, 4.69) is 127 Å². The molecule has 54 heavy (non-hydrogen) atoms. The van der Waals surface area contributed by atoms with Gasteiger partial charge in [-0.2, -0.15) is 0 Å². The van der Waals surface area contributed by atoms with Gasteiger partial charge in [-0.1, -0.05) is 97.1 Å². The minimum atomic E-state index is 0.0827. The molecule has 4 fully saturated rings. The summed E-state index contributed by atoms with van der Waals surface area (Å²) in [5.74, 6) is 5.43. The third kappa shape index (κ3) is 3.99. The highest BCUT2D eigenvalue weighted by Crippen LogP contribution is 2.69. The second kappa shape index (κ2) is 10.9. The van der Waals surface area contributed by atoms with Gasteiger partial charge >= 0.3 is 0 Å². The molecule has 0 N–H and O–H groups in total. The van der Waals surface area contributed by atoms with Gasteiger partial charge < -0.3 is 0 Å². The van der Waals surface area contributed by atoms with Crippen LogP contribution >= 0.6 is 22.7 Å². The average Bonchev–Trinajstić information content (AvgIpc) is 3.88. The molecule has 0 saturated heterocycles. The number of aromatic nitrogens is 3. The van der Waals surface area contributed by atoms with Gasteiger partial charge in [0.15, 0.2) is 17.5 Å². The van der Waals surface area contributed by atoms with E-state index in [1.807, 2.05) is 22.7 Å². The van der Waals surface area contributed by atoms with E-state index in [0.717, 1.165) is 46.0 Å². The van der Waals surface area contributed by atoms with Gasteiger partial charge in [-0.15, -0.1) is 22.7 Å². The van der Waals surface area contributed by atoms with Crippen LogP contribution in [-0.2, 0) is 5.41 Å². The third-order valence-electron chi connectivity index (χ3n) is 13.7. The zero-order chi connectivity index (χ0) is 35.1. The molecule has 6 aromatic carbocycles. The molecular formula is C49H35N3S2. The van der Waals surface area contributed by atoms with Crippen molar-refractivity contribution in [3.8, 4) is 45.3 Å². The van der Waals surface area contributed by atoms with Crippen LogP contribution in [0.25, 0.3) is 85.6 Å². The van der Waals surface area contributed by atoms with E-state index in [0.29, 0.717) is 11.8 Å². The van der Waals surface area contributed by atoms with Gasteiger partial charge in [0.2, 0.25) is 0 Å². The molecule has 0 aliphatic heterocycles. The number of hydrogen-bond donors (Lipinski definition) is 0. The van der Waals surface area contributed by atoms with Gasteiger partial charge in [-0.3, -0.25) is 0 Å². The first-order valence-corrected chi connectivity index (χ1v) is 21.2. The molecule has 5 aliphatic carbocycles. The molecule has 1 spiro atoms. The number of fused-ring (bicyclic) bond motifs is 9. The number of rotatable bonds is 3. The summed E-state index contributed by atoms with van der Waals surface area (Å²) < 4.78 is 5.00. The first-order chi connectivity index (χ1) is 26.7. The van der Waals surface area contributed by atoms with E-state index >= 15 is 0 Å². The fourth-order valence-electron chi connectivity index (χ4n) is 11.9. The largest absolute Gasteiger partial charge is 0.208 e. The van der Waals surface area contributed by atoms with Crippen molar-refractivity contribution in [2.24, 2.45) is 23.7 Å². The van der Waals surface area contributed by atoms with Gasteiger partial charge in [0.25, 0.3) is 0 Å². The molecule has 3 nitrogen and oxygen atoms in total. The Hall–Kier alpha value is -5.23. The van der Waals surface area contributed by atoms with Crippen LogP contribution in [0.3, 0.4) is 0 Å². The highest BCUT2D eigenvalue weighted by molar-refractivity contribution is 7.26. The summed E-state index contributed by atoms with van der Waals surface area (Å²) in [6.07, 6.45) is 6.91. The minimum absolute atomic E-state index is 0.0827. The third-order valence-corrected chi connectivity index (χ3v) is 16.2. The van der Waals surface area contributed by atoms with E-state index in [1.165, 1.54) is 89.1 Å². The van der Waals surface area contributed by atoms with Crippen LogP contribution in [0.1, 0.15) is 43.2 Å². The Bertz CT molecular complexity index is 2880. The molecule has 4 bridgehead atoms. The zero-order valence-electron chi connectivity index (χ0n) is 29.6. The van der Waals surface area contributed by atoms with E-state index in [4.69, 9.17) is 15.0 Å². The minimum Gasteiger partial charge on any atom is -0.208 e. The fourth-order valence-corrected chi connectivity index (χ4v) is 14.3. The van der Waals surface area contributed by atoms with E-state index in [9.17, 15) is 0 Å². The number of nitrogens with zero attached hydrogens (tertiary/aromatic N) is 3. The molecule has 0 atom stereocenters. The Balaban J connectivity index is 1.06. The predicted molar refractivity (Wildman–Crippen MR) is 225 cm³/mol. The standard InChI is InChI=1S/C49H35N3S2/c1-4-16-40-32(9-1)33-20-19-29(26-41(33)49(40)30-22-27-21-28(24-30)25-31(49)23-27)46-50-47(38-14-7-12-36-34-10-2-5-17-42(34)53-44(36)38)52-48(51-46)39-15-8-13-37-35-11-3-6-18-43(35)54-45(37)39/h1-20,26-28,30-31H,21-25H2. The maximum atomic E-state index is 5.43. The van der Waals surface area contributed by atoms with Crippen molar-refractivity contribution in [3.05, 3.63) is 139 Å². The second-order valence-corrected chi connectivity index (χ2v) is 18.5. The maximum Gasteiger partial charge on any atom is 0.165 e. The van der Waals surface area contributed by atoms with Gasteiger partial charge in [0, 0.05) is 62.4 Å². The molecule has 5 aliphatic rings. The van der Waals surface area contributed by atoms with Crippen LogP contribution in [0, 0.1) is 23.7 Å². The summed E-state index contributed by atoms with van der Waals surface area (Å²) in [4.78, 5) is 16.2. The van der Waals surface area contributed by atoms with Crippen LogP contribution in [0.5, 0.6) is 0 Å². The SMILES string of the molecule is c1ccc2c(c1)-c1ccc(-c3nc(-c4cccc5c4sc4ccccc45)nc(-c4cccc5c4sc4ccccc45)n3)cc1C21C2CC3CC(C2)CC1C3. The van der Waals surface area contributed by atoms with Crippen molar-refractivity contribution < 1.29 is 0 Å². The van der Waals surface area contributed by atoms with Crippen molar-refractivity contribution in [2.75, 3.05) is 0 Å². The summed E-state index contributed by atoms with van der Waals surface area (Å²) in [5, 5.41) is 5.07. The molecule has 14 rings (SSSR count). The van der Waals surface area contributed by atoms with Gasteiger partial charge in [0.1, 0.15) is 0 Å². The van der Waals surface area contributed by atoms with Crippen molar-refractivity contribution in [2.45, 2.75) is 37.5 Å². The fraction of sp³-hybridized carbons (Fsp3) is 0.204. The van der Waals surface area contributed by atoms with Crippen LogP contribution in [0.4, 0.5) is 0 Å². The quantitative estimate of drug-likeness (QED) is 0.182. The lowest BCUT2D eigenvalue weighted by Crippen LogP contribution is -2.55. The summed E-state index contributed by atoms with van der Waals surface area (Å²) in [5.41, 5.74) is 9.26. The van der Waals surface area contributed by atoms with E-state index in [-0.39, 0.29) is 5.41 Å². The van der Waals surface area contributed by atoms with Crippen LogP contribution in [0.2, 0.25) is 0 Å². The molecule has 3 aromatic heterocycles. The molecule has 9 aromatic rings. The Morgan fingerprint density at radius 2 is 0.926 bits per heavy atom. The van der Waals surface area contributed by atoms with Crippen LogP contribution < -0.4 is 0 Å². The average molecular weight is 730 g/mol. The van der Waals surface area contributed by atoms with E-state index < -0.39 is 0 Å². The molecule has 5 heteroatoms. The van der Waals surface area contributed by atoms with Crippen molar-refractivity contribution in [1.82, 2.24) is 15.0 Å². The zero-order valence-corrected chi connectivity index (χ0v) is 31.3. The predicted octanol–water partition coefficient (Wildman–Crippen LogP) is 13.3. The summed E-state index contributed by atoms with van der Waals surface area (Å²) in [6, 6.07) is 47.2. The molecule has 0 unspecified atom stereocenters. The molecule has 0 amide bonds. The summed E-state index contributed by atoms with van der Waals surface area (Å²) in [7, 11) is 0. The van der Waals surface area contributed by atoms with Crippen LogP contribution in [-0.4, -0.2) is 15.0 Å². The lowest BCUT2D eigenvalue weighted by molar-refractivity contribution is -0.0399. The Labute approximate surface area is 321 Å². The first-order valence-electron chi connectivity index (χ1n) is 19.5. The normalized spacial score (nSPS) is 23.6. The molecular weight excluding hydrogens is 695 g/mol. The lowest BCUT2D eigenvalue weighted by Gasteiger charge is -2.61. The molecule has 3 heterocycles. The summed E-state index contributed by atoms with van der Waals surface area (Å²) >= 11 is 3.66. The first kappa shape index (κ1) is 30.1. The van der Waals surface area contributed by atoms with Gasteiger partial charge in [-0.25, -0.2) is 15.0 Å². The highest BCUT2D eigenvalue weighted by atomic mass is 32.1. The number of thiophene rings is 2. The van der Waals surface area contributed by atoms with Gasteiger partial charge in [-0.05, 0) is 108 Å². The molecule has 4 saturated carbocycles. The lowest BCUT2D eigenvalue weighted by atomic mass is 9.43. The van der Waals surface area contributed by atoms with Crippen molar-refractivity contribution in [3.63, 3.8) is 0 Å². The Kier molecular flexibility index (Phi) is 6.10. The van der Waals surface area contributed by atoms with Crippen molar-refractivity contribution >= 4 is 63.0 Å². The van der Waals surface area contributed by atoms with E-state index in [1.54, 1.807) is 5.56 Å². The molecule has 0 radical (unpaired) electrons. The molecule has 258 valence electrons.